The monoisotopic (exact) mass is 936 g/mol. The molecule has 0 aliphatic heterocycles. The van der Waals surface area contributed by atoms with Crippen LogP contribution >= 0.6 is 0 Å². The number of furan rings is 1. The Hall–Kier alpha value is -8.21. The van der Waals surface area contributed by atoms with Crippen LogP contribution in [0.5, 0.6) is 0 Å². The minimum atomic E-state index is -1.63. The minimum Gasteiger partial charge on any atom is -0.455 e. The Morgan fingerprint density at radius 1 is 0.514 bits per heavy atom. The van der Waals surface area contributed by atoms with Crippen molar-refractivity contribution in [2.24, 2.45) is 0 Å². The lowest BCUT2D eigenvalue weighted by Gasteiger charge is -2.36. The van der Waals surface area contributed by atoms with Crippen molar-refractivity contribution in [1.82, 2.24) is 0 Å². The molecule has 0 fully saturated rings. The van der Waals surface area contributed by atoms with Crippen molar-refractivity contribution in [1.29, 1.82) is 5.26 Å². The molecule has 11 rings (SSSR count). The first kappa shape index (κ1) is 44.3. The van der Waals surface area contributed by atoms with E-state index in [1.807, 2.05) is 30.3 Å². The number of anilines is 6. The third-order valence-corrected chi connectivity index (χ3v) is 18.2. The molecule has 9 aromatic carbocycles. The van der Waals surface area contributed by atoms with Gasteiger partial charge in [-0.05, 0) is 113 Å². The van der Waals surface area contributed by atoms with E-state index < -0.39 is 21.6 Å². The molecule has 0 radical (unpaired) electrons. The van der Waals surface area contributed by atoms with Crippen LogP contribution in [0, 0.1) is 17.9 Å². The minimum absolute atomic E-state index is 0.599. The van der Waals surface area contributed by atoms with Crippen LogP contribution in [0.25, 0.3) is 37.9 Å². The Morgan fingerprint density at radius 3 is 1.53 bits per heavy atom. The molecule has 0 amide bonds. The van der Waals surface area contributed by atoms with Crippen LogP contribution in [0.2, 0.25) is 39.3 Å². The van der Waals surface area contributed by atoms with Crippen molar-refractivity contribution >= 4 is 88.3 Å². The first-order valence-electron chi connectivity index (χ1n) is 23.9. The van der Waals surface area contributed by atoms with Crippen LogP contribution in [-0.2, 0) is 5.41 Å². The standard InChI is InChI=1S/C63H52N4OSi2/c1-65-46-24-28-47(29-25-46)66(48-30-35-52(36-31-48)69(2,3)4)51-34-39-54-56(40-51)63(44-16-10-8-11-17-44,45-18-12-9-13-19-45)57-41-58(61-55-20-14-15-21-59(55)68-62(61)60(54)57)67(49-26-22-43(42-64)23-27-49)50-32-37-53(38-33-50)70(5,6)7/h8-41H,2-7H3. The smallest absolute Gasteiger partial charge is 0.187 e. The van der Waals surface area contributed by atoms with Crippen LogP contribution in [0.4, 0.5) is 39.8 Å². The van der Waals surface area contributed by atoms with Gasteiger partial charge in [0.2, 0.25) is 0 Å². The molecule has 0 saturated heterocycles. The molecular formula is C63H52N4OSi2. The highest BCUT2D eigenvalue weighted by Gasteiger charge is 2.49. The van der Waals surface area contributed by atoms with E-state index in [9.17, 15) is 5.26 Å². The highest BCUT2D eigenvalue weighted by molar-refractivity contribution is 6.89. The predicted molar refractivity (Wildman–Crippen MR) is 297 cm³/mol. The molecule has 1 aliphatic rings. The van der Waals surface area contributed by atoms with Crippen molar-refractivity contribution in [3.05, 3.63) is 245 Å². The average molecular weight is 937 g/mol. The molecule has 1 aliphatic carbocycles. The number of nitrogens with zero attached hydrogens (tertiary/aromatic N) is 4. The Kier molecular flexibility index (Phi) is 10.8. The molecule has 338 valence electrons. The number of rotatable bonds is 10. The second-order valence-electron chi connectivity index (χ2n) is 20.4. The Balaban J connectivity index is 1.26. The lowest BCUT2D eigenvalue weighted by atomic mass is 9.67. The van der Waals surface area contributed by atoms with Gasteiger partial charge in [-0.3, -0.25) is 0 Å². The van der Waals surface area contributed by atoms with Gasteiger partial charge in [-0.2, -0.15) is 5.26 Å². The Bertz CT molecular complexity index is 3630. The summed E-state index contributed by atoms with van der Waals surface area (Å²) in [5, 5.41) is 14.8. The molecule has 0 saturated carbocycles. The average Bonchev–Trinajstić information content (AvgIpc) is 3.91. The summed E-state index contributed by atoms with van der Waals surface area (Å²) in [5.41, 5.74) is 14.7. The number of para-hydroxylation sites is 1. The van der Waals surface area contributed by atoms with E-state index in [0.717, 1.165) is 89.4 Å². The van der Waals surface area contributed by atoms with Crippen LogP contribution in [0.15, 0.2) is 211 Å². The Morgan fingerprint density at radius 2 is 1.00 bits per heavy atom. The van der Waals surface area contributed by atoms with Gasteiger partial charge >= 0.3 is 0 Å². The van der Waals surface area contributed by atoms with Gasteiger partial charge in [-0.1, -0.05) is 171 Å². The van der Waals surface area contributed by atoms with Crippen molar-refractivity contribution in [3.63, 3.8) is 0 Å². The van der Waals surface area contributed by atoms with Gasteiger partial charge in [0.1, 0.15) is 11.2 Å². The predicted octanol–water partition coefficient (Wildman–Crippen LogP) is 16.4. The summed E-state index contributed by atoms with van der Waals surface area (Å²) in [5.74, 6) is 0. The van der Waals surface area contributed by atoms with E-state index >= 15 is 0 Å². The van der Waals surface area contributed by atoms with E-state index in [2.05, 4.69) is 236 Å². The van der Waals surface area contributed by atoms with E-state index in [1.54, 1.807) is 0 Å². The maximum Gasteiger partial charge on any atom is 0.187 e. The summed E-state index contributed by atoms with van der Waals surface area (Å²) in [6.45, 7) is 22.0. The summed E-state index contributed by atoms with van der Waals surface area (Å²) >= 11 is 0. The molecule has 10 aromatic rings. The van der Waals surface area contributed by atoms with E-state index in [4.69, 9.17) is 11.0 Å². The summed E-state index contributed by atoms with van der Waals surface area (Å²) in [4.78, 5) is 8.42. The highest BCUT2D eigenvalue weighted by atomic mass is 28.3. The second-order valence-corrected chi connectivity index (χ2v) is 30.5. The van der Waals surface area contributed by atoms with Crippen molar-refractivity contribution in [2.45, 2.75) is 44.7 Å². The summed E-state index contributed by atoms with van der Waals surface area (Å²) in [7, 11) is -3.22. The molecule has 0 unspecified atom stereocenters. The first-order chi connectivity index (χ1) is 33.9. The molecule has 0 spiro atoms. The second kappa shape index (κ2) is 17.1. The first-order valence-corrected chi connectivity index (χ1v) is 30.9. The number of benzene rings is 9. The molecule has 5 nitrogen and oxygen atoms in total. The maximum absolute atomic E-state index is 9.97. The fourth-order valence-corrected chi connectivity index (χ4v) is 12.9. The molecule has 7 heteroatoms. The van der Waals surface area contributed by atoms with Crippen LogP contribution in [0.3, 0.4) is 0 Å². The van der Waals surface area contributed by atoms with Gasteiger partial charge in [0.25, 0.3) is 0 Å². The van der Waals surface area contributed by atoms with E-state index in [0.29, 0.717) is 11.3 Å². The van der Waals surface area contributed by atoms with Gasteiger partial charge in [-0.15, -0.1) is 0 Å². The third kappa shape index (κ3) is 7.34. The molecule has 70 heavy (non-hydrogen) atoms. The summed E-state index contributed by atoms with van der Waals surface area (Å²) in [6.07, 6.45) is 0. The van der Waals surface area contributed by atoms with Crippen LogP contribution in [-0.4, -0.2) is 16.1 Å². The fraction of sp³-hybridized carbons (Fsp3) is 0.111. The fourth-order valence-electron chi connectivity index (χ4n) is 10.6. The Labute approximate surface area is 413 Å². The molecule has 0 atom stereocenters. The normalized spacial score (nSPS) is 12.8. The van der Waals surface area contributed by atoms with E-state index in [1.165, 1.54) is 10.4 Å². The van der Waals surface area contributed by atoms with Crippen LogP contribution in [0.1, 0.15) is 27.8 Å². The van der Waals surface area contributed by atoms with Gasteiger partial charge in [0.15, 0.2) is 5.69 Å². The number of hydrogen-bond donors (Lipinski definition) is 0. The lowest BCUT2D eigenvalue weighted by Crippen LogP contribution is -2.37. The molecule has 1 aromatic heterocycles. The molecular weight excluding hydrogens is 885 g/mol. The van der Waals surface area contributed by atoms with Crippen LogP contribution < -0.4 is 20.2 Å². The zero-order valence-corrected chi connectivity index (χ0v) is 42.3. The van der Waals surface area contributed by atoms with Crippen molar-refractivity contribution in [3.8, 4) is 17.2 Å². The van der Waals surface area contributed by atoms with Crippen molar-refractivity contribution < 1.29 is 4.42 Å². The summed E-state index contributed by atoms with van der Waals surface area (Å²) < 4.78 is 7.26. The SMILES string of the molecule is [C-]#[N+]c1ccc(N(c2ccc([Si](C)(C)C)cc2)c2ccc3c(c2)C(c2ccccc2)(c2ccccc2)c2cc(N(c4ccc(C#N)cc4)c4ccc([Si](C)(C)C)cc4)c4c(oc5ccccc54)c2-3)cc1. The molecule has 1 heterocycles. The summed E-state index contributed by atoms with van der Waals surface area (Å²) in [6, 6.07) is 76.0. The quantitative estimate of drug-likeness (QED) is 0.101. The highest BCUT2D eigenvalue weighted by Crippen LogP contribution is 2.61. The largest absolute Gasteiger partial charge is 0.455 e. The van der Waals surface area contributed by atoms with Gasteiger partial charge in [-0.25, -0.2) is 4.85 Å². The van der Waals surface area contributed by atoms with Gasteiger partial charge < -0.3 is 14.2 Å². The zero-order chi connectivity index (χ0) is 48.4. The lowest BCUT2D eigenvalue weighted by molar-refractivity contribution is 0.669. The third-order valence-electron chi connectivity index (χ3n) is 14.1. The zero-order valence-electron chi connectivity index (χ0n) is 40.3. The molecule has 0 N–H and O–H groups in total. The van der Waals surface area contributed by atoms with E-state index in [-0.39, 0.29) is 0 Å². The number of hydrogen-bond acceptors (Lipinski definition) is 4. The number of fused-ring (bicyclic) bond motifs is 7. The van der Waals surface area contributed by atoms with Gasteiger partial charge in [0.05, 0.1) is 50.8 Å². The topological polar surface area (TPSA) is 47.8 Å². The number of nitriles is 1. The van der Waals surface area contributed by atoms with Crippen molar-refractivity contribution in [2.75, 3.05) is 9.80 Å². The maximum atomic E-state index is 9.97. The van der Waals surface area contributed by atoms with Gasteiger partial charge in [0, 0.05) is 39.4 Å². The molecule has 0 bridgehead atoms.